The molecule has 0 spiro atoms. The lowest BCUT2D eigenvalue weighted by Gasteiger charge is -2.58. The van der Waals surface area contributed by atoms with Crippen LogP contribution in [0.2, 0.25) is 0 Å². The Kier molecular flexibility index (Phi) is 8.24. The quantitative estimate of drug-likeness (QED) is 0.128. The normalized spacial score (nSPS) is 23.5. The summed E-state index contributed by atoms with van der Waals surface area (Å²) in [5.74, 6) is 0.818. The molecular weight excluding hydrogens is 556 g/mol. The Morgan fingerprint density at radius 3 is 2.52 bits per heavy atom. The minimum absolute atomic E-state index is 0. The van der Waals surface area contributed by atoms with Gasteiger partial charge in [0, 0.05) is 47.5 Å². The van der Waals surface area contributed by atoms with Gasteiger partial charge in [-0.15, -0.1) is 6.58 Å². The summed E-state index contributed by atoms with van der Waals surface area (Å²) in [5, 5.41) is 24.4. The number of para-hydroxylation sites is 1. The number of halogens is 1. The summed E-state index contributed by atoms with van der Waals surface area (Å²) in [6.07, 6.45) is 5.22. The van der Waals surface area contributed by atoms with Crippen molar-refractivity contribution in [1.82, 2.24) is 4.98 Å². The molecule has 4 aromatic rings. The van der Waals surface area contributed by atoms with Crippen molar-refractivity contribution < 1.29 is 31.5 Å². The van der Waals surface area contributed by atoms with Crippen LogP contribution in [0, 0.1) is 32.1 Å². The zero-order valence-electron chi connectivity index (χ0n) is 22.9. The van der Waals surface area contributed by atoms with Gasteiger partial charge in [-0.2, -0.15) is 0 Å². The van der Waals surface area contributed by atoms with E-state index in [-0.39, 0.29) is 29.9 Å². The van der Waals surface area contributed by atoms with E-state index in [1.165, 1.54) is 17.7 Å². The second kappa shape index (κ2) is 11.9. The first-order valence-electron chi connectivity index (χ1n) is 13.8. The molecule has 0 N–H and O–H groups in total. The second-order valence-electron chi connectivity index (χ2n) is 11.1. The van der Waals surface area contributed by atoms with Crippen LogP contribution in [-0.4, -0.2) is 38.4 Å². The molecule has 3 aliphatic heterocycles. The molecule has 7 rings (SSSR count). The van der Waals surface area contributed by atoms with Gasteiger partial charge in [0.1, 0.15) is 12.6 Å². The number of hydrogen-bond acceptors (Lipinski definition) is 6. The number of benzene rings is 3. The Balaban J connectivity index is 0.00000353. The van der Waals surface area contributed by atoms with Crippen LogP contribution in [0.1, 0.15) is 30.1 Å². The molecule has 1 unspecified atom stereocenters. The minimum Gasteiger partial charge on any atom is -1.00 e. The number of non-ortho nitro benzene ring substituents is 1. The molecule has 1 aromatic heterocycles. The number of nitrogens with zero attached hydrogens (tertiary/aromatic N) is 4. The number of rotatable bonds is 9. The molecule has 216 valence electrons. The summed E-state index contributed by atoms with van der Waals surface area (Å²) in [4.78, 5) is 26.8. The van der Waals surface area contributed by atoms with Gasteiger partial charge in [0.05, 0.1) is 34.5 Å². The van der Waals surface area contributed by atoms with Crippen LogP contribution in [0.25, 0.3) is 10.9 Å². The number of nitro groups is 2. The highest BCUT2D eigenvalue weighted by Crippen LogP contribution is 2.50. The van der Waals surface area contributed by atoms with E-state index in [9.17, 15) is 20.2 Å². The second-order valence-corrected chi connectivity index (χ2v) is 11.1. The fourth-order valence-electron chi connectivity index (χ4n) is 7.02. The first-order valence-corrected chi connectivity index (χ1v) is 13.8. The monoisotopic (exact) mass is 586 g/mol. The molecule has 3 aromatic carbocycles. The molecule has 5 atom stereocenters. The first kappa shape index (κ1) is 29.2. The lowest BCUT2D eigenvalue weighted by atomic mass is 9.71. The van der Waals surface area contributed by atoms with Gasteiger partial charge in [-0.05, 0) is 24.1 Å². The van der Waals surface area contributed by atoms with Gasteiger partial charge < -0.3 is 21.6 Å². The van der Waals surface area contributed by atoms with E-state index in [0.717, 1.165) is 59.5 Å². The van der Waals surface area contributed by atoms with E-state index in [0.29, 0.717) is 11.8 Å². The number of piperidine rings is 3. The van der Waals surface area contributed by atoms with Gasteiger partial charge in [-0.3, -0.25) is 25.2 Å². The topological polar surface area (TPSA) is 108 Å². The maximum Gasteiger partial charge on any atom is 0.317 e. The smallest absolute Gasteiger partial charge is 0.317 e. The van der Waals surface area contributed by atoms with Crippen molar-refractivity contribution in [3.8, 4) is 5.75 Å². The molecule has 9 nitrogen and oxygen atoms in total. The number of ether oxygens (including phenoxy) is 1. The van der Waals surface area contributed by atoms with E-state index in [2.05, 4.69) is 41.9 Å². The molecular formula is C32H31ClN4O5. The summed E-state index contributed by atoms with van der Waals surface area (Å²) < 4.78 is 7.49. The minimum atomic E-state index is -0.633. The standard InChI is InChI=1S/C32H31N4O5.ClH/c1-2-23-21-36(20-22-8-4-3-5-9-22)17-15-24(23)18-30(36)32(27-14-16-33-28-11-7-6-10-26(27)28)41-31-13-12-25(34(37)38)19-29(31)35(39)40;/h2-14,16,19,23-24,30,32H,1,15,17-18,20-21H2;1H/q+1;/p-1/t23-,24-,30-,32+,36?;/m0./s1. The lowest BCUT2D eigenvalue weighted by Crippen LogP contribution is -3.00. The Morgan fingerprint density at radius 1 is 1.02 bits per heavy atom. The zero-order chi connectivity index (χ0) is 28.6. The number of nitro benzene ring substituents is 2. The van der Waals surface area contributed by atoms with E-state index >= 15 is 0 Å². The molecule has 3 fully saturated rings. The summed E-state index contributed by atoms with van der Waals surface area (Å²) in [5.41, 5.74) is 2.17. The Labute approximate surface area is 249 Å². The third kappa shape index (κ3) is 5.33. The largest absolute Gasteiger partial charge is 1.00 e. The molecule has 0 radical (unpaired) electrons. The van der Waals surface area contributed by atoms with Crippen molar-refractivity contribution >= 4 is 22.3 Å². The molecule has 0 saturated carbocycles. The van der Waals surface area contributed by atoms with Gasteiger partial charge in [-0.1, -0.05) is 54.6 Å². The van der Waals surface area contributed by atoms with Crippen molar-refractivity contribution in [2.45, 2.75) is 31.5 Å². The lowest BCUT2D eigenvalue weighted by molar-refractivity contribution is -0.984. The molecule has 3 saturated heterocycles. The number of fused-ring (bicyclic) bond motifs is 4. The van der Waals surface area contributed by atoms with Gasteiger partial charge in [0.25, 0.3) is 5.69 Å². The Hall–Kier alpha value is -4.34. The number of quaternary nitrogens is 1. The molecule has 3 aliphatic rings. The van der Waals surface area contributed by atoms with E-state index in [4.69, 9.17) is 4.74 Å². The molecule has 10 heteroatoms. The van der Waals surface area contributed by atoms with Crippen LogP contribution in [-0.2, 0) is 6.54 Å². The number of hydrogen-bond donors (Lipinski definition) is 0. The van der Waals surface area contributed by atoms with E-state index in [1.807, 2.05) is 36.4 Å². The van der Waals surface area contributed by atoms with Crippen LogP contribution in [0.15, 0.2) is 97.7 Å². The van der Waals surface area contributed by atoms with Crippen molar-refractivity contribution in [2.75, 3.05) is 13.1 Å². The van der Waals surface area contributed by atoms with Crippen molar-refractivity contribution in [1.29, 1.82) is 0 Å². The van der Waals surface area contributed by atoms with Crippen molar-refractivity contribution in [3.63, 3.8) is 0 Å². The van der Waals surface area contributed by atoms with Crippen LogP contribution in [0.4, 0.5) is 11.4 Å². The third-order valence-electron chi connectivity index (χ3n) is 8.96. The highest BCUT2D eigenvalue weighted by Gasteiger charge is 2.55. The van der Waals surface area contributed by atoms with Crippen LogP contribution < -0.4 is 17.1 Å². The van der Waals surface area contributed by atoms with Gasteiger partial charge in [0.15, 0.2) is 11.9 Å². The maximum absolute atomic E-state index is 12.1. The summed E-state index contributed by atoms with van der Waals surface area (Å²) in [6.45, 7) is 6.81. The molecule has 4 heterocycles. The van der Waals surface area contributed by atoms with E-state index < -0.39 is 21.6 Å². The highest BCUT2D eigenvalue weighted by atomic mass is 35.5. The Bertz CT molecular complexity index is 1630. The molecule has 2 bridgehead atoms. The van der Waals surface area contributed by atoms with Crippen LogP contribution >= 0.6 is 0 Å². The first-order chi connectivity index (χ1) is 19.9. The number of aromatic nitrogens is 1. The van der Waals surface area contributed by atoms with Gasteiger partial charge in [-0.25, -0.2) is 0 Å². The van der Waals surface area contributed by atoms with Crippen molar-refractivity contribution in [3.05, 3.63) is 129 Å². The number of pyridine rings is 1. The predicted octanol–water partition coefficient (Wildman–Crippen LogP) is 3.79. The van der Waals surface area contributed by atoms with Crippen molar-refractivity contribution in [2.24, 2.45) is 11.8 Å². The van der Waals surface area contributed by atoms with Gasteiger partial charge in [0.2, 0.25) is 0 Å². The molecule has 42 heavy (non-hydrogen) atoms. The fourth-order valence-corrected chi connectivity index (χ4v) is 7.02. The predicted molar refractivity (Wildman–Crippen MR) is 155 cm³/mol. The fraction of sp³-hybridized carbons (Fsp3) is 0.281. The molecule has 0 aliphatic carbocycles. The third-order valence-corrected chi connectivity index (χ3v) is 8.96. The summed E-state index contributed by atoms with van der Waals surface area (Å²) in [7, 11) is 0. The summed E-state index contributed by atoms with van der Waals surface area (Å²) in [6, 6.07) is 23.8. The zero-order valence-corrected chi connectivity index (χ0v) is 23.7. The average Bonchev–Trinajstić information content (AvgIpc) is 3.00. The maximum atomic E-state index is 12.1. The Morgan fingerprint density at radius 2 is 1.79 bits per heavy atom. The SMILES string of the molecule is C=C[C@H]1C[N+]2(Cc3ccccc3)CC[C@H]1C[C@H]2[C@H](Oc1ccc([N+](=O)[O-])cc1[N+](=O)[O-])c1ccnc2ccccc12.[Cl-]. The average molecular weight is 587 g/mol. The molecule has 0 amide bonds. The highest BCUT2D eigenvalue weighted by molar-refractivity contribution is 5.82. The van der Waals surface area contributed by atoms with E-state index in [1.54, 1.807) is 6.20 Å². The van der Waals surface area contributed by atoms with Gasteiger partial charge >= 0.3 is 5.69 Å². The van der Waals surface area contributed by atoms with Crippen LogP contribution in [0.3, 0.4) is 0 Å². The summed E-state index contributed by atoms with van der Waals surface area (Å²) >= 11 is 0. The van der Waals surface area contributed by atoms with Crippen LogP contribution in [0.5, 0.6) is 5.75 Å².